The van der Waals surface area contributed by atoms with Gasteiger partial charge in [0.05, 0.1) is 0 Å². The number of nitrogens with zero attached hydrogens (tertiary/aromatic N) is 1. The molecule has 0 bridgehead atoms. The third-order valence-electron chi connectivity index (χ3n) is 1.69. The van der Waals surface area contributed by atoms with Gasteiger partial charge in [-0.05, 0) is 18.6 Å². The van der Waals surface area contributed by atoms with Crippen molar-refractivity contribution < 1.29 is 4.79 Å². The molecule has 12 heavy (non-hydrogen) atoms. The van der Waals surface area contributed by atoms with E-state index in [1.165, 1.54) is 0 Å². The van der Waals surface area contributed by atoms with Gasteiger partial charge >= 0.3 is 0 Å². The zero-order valence-corrected chi connectivity index (χ0v) is 6.87. The first-order chi connectivity index (χ1) is 5.79. The van der Waals surface area contributed by atoms with Gasteiger partial charge in [0.15, 0.2) is 0 Å². The van der Waals surface area contributed by atoms with Gasteiger partial charge in [-0.3, -0.25) is 4.79 Å². The van der Waals surface area contributed by atoms with Crippen LogP contribution in [0.5, 0.6) is 0 Å². The van der Waals surface area contributed by atoms with Gasteiger partial charge in [0.25, 0.3) is 0 Å². The number of nitrogens with two attached hydrogens (primary N) is 1. The predicted molar refractivity (Wildman–Crippen MR) is 46.6 cm³/mol. The number of hydrogen-bond acceptors (Lipinski definition) is 3. The number of amides is 1. The van der Waals surface area contributed by atoms with Crippen LogP contribution in [0.2, 0.25) is 0 Å². The van der Waals surface area contributed by atoms with Crippen molar-refractivity contribution in [1.29, 1.82) is 0 Å². The van der Waals surface area contributed by atoms with E-state index in [9.17, 15) is 4.79 Å². The van der Waals surface area contributed by atoms with Gasteiger partial charge < -0.3 is 11.1 Å². The van der Waals surface area contributed by atoms with Crippen LogP contribution in [0.4, 0.5) is 5.82 Å². The van der Waals surface area contributed by atoms with Crippen molar-refractivity contribution in [2.75, 3.05) is 5.32 Å². The predicted octanol–water partition coefficient (Wildman–Crippen LogP) is 0.417. The highest BCUT2D eigenvalue weighted by Gasteiger charge is 2.03. The van der Waals surface area contributed by atoms with Gasteiger partial charge in [0.1, 0.15) is 5.82 Å². The average Bonchev–Trinajstić information content (AvgIpc) is 2.05. The second kappa shape index (κ2) is 3.82. The highest BCUT2D eigenvalue weighted by Crippen LogP contribution is 2.14. The fourth-order valence-electron chi connectivity index (χ4n) is 1.03. The SMILES string of the molecule is Cc1ccnc(NC=O)c1CN. The Morgan fingerprint density at radius 2 is 2.50 bits per heavy atom. The highest BCUT2D eigenvalue weighted by atomic mass is 16.1. The Bertz CT molecular complexity index is 286. The number of aromatic nitrogens is 1. The number of pyridine rings is 1. The molecule has 64 valence electrons. The summed E-state index contributed by atoms with van der Waals surface area (Å²) in [6.45, 7) is 2.32. The third kappa shape index (κ3) is 1.60. The fourth-order valence-corrected chi connectivity index (χ4v) is 1.03. The van der Waals surface area contributed by atoms with Crippen LogP contribution in [0.25, 0.3) is 0 Å². The Hall–Kier alpha value is -1.42. The molecule has 0 radical (unpaired) electrons. The van der Waals surface area contributed by atoms with Crippen molar-refractivity contribution >= 4 is 12.2 Å². The van der Waals surface area contributed by atoms with Crippen LogP contribution in [0.3, 0.4) is 0 Å². The minimum Gasteiger partial charge on any atom is -0.326 e. The average molecular weight is 165 g/mol. The van der Waals surface area contributed by atoms with E-state index in [4.69, 9.17) is 5.73 Å². The van der Waals surface area contributed by atoms with Gasteiger partial charge in [0, 0.05) is 18.3 Å². The summed E-state index contributed by atoms with van der Waals surface area (Å²) in [4.78, 5) is 14.1. The van der Waals surface area contributed by atoms with E-state index in [0.29, 0.717) is 18.8 Å². The first kappa shape index (κ1) is 8.67. The number of carbonyl (C=O) groups is 1. The molecule has 0 aliphatic carbocycles. The van der Waals surface area contributed by atoms with Crippen LogP contribution in [0, 0.1) is 6.92 Å². The summed E-state index contributed by atoms with van der Waals surface area (Å²) >= 11 is 0. The molecule has 0 atom stereocenters. The van der Waals surface area contributed by atoms with Crippen LogP contribution in [-0.4, -0.2) is 11.4 Å². The van der Waals surface area contributed by atoms with Gasteiger partial charge in [-0.1, -0.05) is 0 Å². The number of aryl methyl sites for hydroxylation is 1. The molecule has 0 fully saturated rings. The lowest BCUT2D eigenvalue weighted by molar-refractivity contribution is -0.105. The van der Waals surface area contributed by atoms with Gasteiger partial charge in [0.2, 0.25) is 6.41 Å². The quantitative estimate of drug-likeness (QED) is 0.638. The third-order valence-corrected chi connectivity index (χ3v) is 1.69. The van der Waals surface area contributed by atoms with E-state index in [1.54, 1.807) is 6.20 Å². The first-order valence-electron chi connectivity index (χ1n) is 3.64. The molecule has 1 heterocycles. The minimum absolute atomic E-state index is 0.385. The minimum atomic E-state index is 0.385. The Kier molecular flexibility index (Phi) is 2.76. The van der Waals surface area contributed by atoms with E-state index >= 15 is 0 Å². The molecule has 4 heteroatoms. The van der Waals surface area contributed by atoms with Crippen LogP contribution in [0.1, 0.15) is 11.1 Å². The number of hydrogen-bond donors (Lipinski definition) is 2. The smallest absolute Gasteiger partial charge is 0.212 e. The zero-order chi connectivity index (χ0) is 8.97. The monoisotopic (exact) mass is 165 g/mol. The Balaban J connectivity index is 3.08. The van der Waals surface area contributed by atoms with Gasteiger partial charge in [-0.25, -0.2) is 4.98 Å². The summed E-state index contributed by atoms with van der Waals surface area (Å²) in [6, 6.07) is 1.86. The highest BCUT2D eigenvalue weighted by molar-refractivity contribution is 5.71. The maximum atomic E-state index is 10.2. The molecule has 4 nitrogen and oxygen atoms in total. The van der Waals surface area contributed by atoms with Gasteiger partial charge in [-0.2, -0.15) is 0 Å². The van der Waals surface area contributed by atoms with E-state index in [2.05, 4.69) is 10.3 Å². The summed E-state index contributed by atoms with van der Waals surface area (Å²) in [5.41, 5.74) is 7.40. The van der Waals surface area contributed by atoms with E-state index in [0.717, 1.165) is 11.1 Å². The maximum absolute atomic E-state index is 10.2. The van der Waals surface area contributed by atoms with Crippen molar-refractivity contribution in [3.8, 4) is 0 Å². The summed E-state index contributed by atoms with van der Waals surface area (Å²) in [6.07, 6.45) is 2.24. The van der Waals surface area contributed by atoms with Crippen LogP contribution >= 0.6 is 0 Å². The van der Waals surface area contributed by atoms with Crippen molar-refractivity contribution in [3.05, 3.63) is 23.4 Å². The lowest BCUT2D eigenvalue weighted by atomic mass is 10.1. The van der Waals surface area contributed by atoms with Crippen molar-refractivity contribution in [2.45, 2.75) is 13.5 Å². The fraction of sp³-hybridized carbons (Fsp3) is 0.250. The van der Waals surface area contributed by atoms with Crippen LogP contribution in [0.15, 0.2) is 12.3 Å². The van der Waals surface area contributed by atoms with Crippen molar-refractivity contribution in [3.63, 3.8) is 0 Å². The summed E-state index contributed by atoms with van der Waals surface area (Å²) < 4.78 is 0. The lowest BCUT2D eigenvalue weighted by Gasteiger charge is -2.06. The molecule has 1 aromatic heterocycles. The second-order valence-electron chi connectivity index (χ2n) is 2.42. The molecule has 1 aromatic rings. The van der Waals surface area contributed by atoms with E-state index in [1.807, 2.05) is 13.0 Å². The molecule has 1 amide bonds. The topological polar surface area (TPSA) is 68.0 Å². The first-order valence-corrected chi connectivity index (χ1v) is 3.64. The number of rotatable bonds is 3. The normalized spacial score (nSPS) is 9.50. The van der Waals surface area contributed by atoms with E-state index in [-0.39, 0.29) is 0 Å². The molecule has 1 rings (SSSR count). The largest absolute Gasteiger partial charge is 0.326 e. The Labute approximate surface area is 70.8 Å². The molecule has 0 aliphatic heterocycles. The Morgan fingerprint density at radius 1 is 1.75 bits per heavy atom. The van der Waals surface area contributed by atoms with Crippen molar-refractivity contribution in [2.24, 2.45) is 5.73 Å². The molecule has 0 unspecified atom stereocenters. The summed E-state index contributed by atoms with van der Waals surface area (Å²) in [5.74, 6) is 0.549. The van der Waals surface area contributed by atoms with Gasteiger partial charge in [-0.15, -0.1) is 0 Å². The summed E-state index contributed by atoms with van der Waals surface area (Å²) in [7, 11) is 0. The van der Waals surface area contributed by atoms with E-state index < -0.39 is 0 Å². The molecule has 3 N–H and O–H groups in total. The number of nitrogens with one attached hydrogen (secondary N) is 1. The Morgan fingerprint density at radius 3 is 3.08 bits per heavy atom. The molecule has 0 saturated carbocycles. The lowest BCUT2D eigenvalue weighted by Crippen LogP contribution is -2.07. The van der Waals surface area contributed by atoms with Crippen LogP contribution < -0.4 is 11.1 Å². The van der Waals surface area contributed by atoms with Crippen LogP contribution in [-0.2, 0) is 11.3 Å². The second-order valence-corrected chi connectivity index (χ2v) is 2.42. The molecular formula is C8H11N3O. The molecular weight excluding hydrogens is 154 g/mol. The number of anilines is 1. The van der Waals surface area contributed by atoms with Crippen molar-refractivity contribution in [1.82, 2.24) is 4.98 Å². The standard InChI is InChI=1S/C8H11N3O/c1-6-2-3-10-8(11-5-12)7(6)4-9/h2-3,5H,4,9H2,1H3,(H,10,11,12). The molecule has 0 saturated heterocycles. The molecule has 0 aliphatic rings. The maximum Gasteiger partial charge on any atom is 0.212 e. The summed E-state index contributed by atoms with van der Waals surface area (Å²) in [5, 5.41) is 2.50. The zero-order valence-electron chi connectivity index (χ0n) is 6.87. The molecule has 0 aromatic carbocycles. The number of carbonyl (C=O) groups excluding carboxylic acids is 1. The molecule has 0 spiro atoms.